The Morgan fingerprint density at radius 3 is 2.76 bits per heavy atom. The van der Waals surface area contributed by atoms with Crippen LogP contribution in [0.4, 0.5) is 5.69 Å². The van der Waals surface area contributed by atoms with E-state index in [0.717, 1.165) is 6.42 Å². The maximum absolute atomic E-state index is 12.7. The summed E-state index contributed by atoms with van der Waals surface area (Å²) in [6.07, 6.45) is 0.792. The Morgan fingerprint density at radius 2 is 2.19 bits per heavy atom. The topological polar surface area (TPSA) is 92.5 Å². The van der Waals surface area contributed by atoms with Crippen LogP contribution < -0.4 is 11.1 Å². The van der Waals surface area contributed by atoms with Crippen molar-refractivity contribution in [1.29, 1.82) is 0 Å². The summed E-state index contributed by atoms with van der Waals surface area (Å²) in [5.41, 5.74) is 6.77. The van der Waals surface area contributed by atoms with Crippen LogP contribution in [0.3, 0.4) is 0 Å². The number of anilines is 1. The molecule has 0 bridgehead atoms. The Bertz CT molecular complexity index is 643. The first-order chi connectivity index (χ1) is 9.84. The molecule has 2 rings (SSSR count). The van der Waals surface area contributed by atoms with Gasteiger partial charge in [0.05, 0.1) is 4.90 Å². The van der Waals surface area contributed by atoms with E-state index in [4.69, 9.17) is 5.73 Å². The lowest BCUT2D eigenvalue weighted by Crippen LogP contribution is -2.30. The summed E-state index contributed by atoms with van der Waals surface area (Å²) in [6, 6.07) is 4.92. The molecule has 1 atom stereocenters. The molecule has 0 spiro atoms. The minimum Gasteiger partial charge on any atom is -0.330 e. The van der Waals surface area contributed by atoms with Gasteiger partial charge in [0.2, 0.25) is 15.9 Å². The first-order valence-corrected chi connectivity index (χ1v) is 8.37. The Balaban J connectivity index is 2.33. The molecule has 1 aromatic carbocycles. The molecule has 6 nitrogen and oxygen atoms in total. The van der Waals surface area contributed by atoms with Gasteiger partial charge < -0.3 is 11.1 Å². The van der Waals surface area contributed by atoms with Crippen LogP contribution in [0.5, 0.6) is 0 Å². The van der Waals surface area contributed by atoms with E-state index in [-0.39, 0.29) is 16.7 Å². The molecule has 7 heteroatoms. The Hall–Kier alpha value is -1.44. The number of nitrogens with two attached hydrogens (primary N) is 1. The monoisotopic (exact) mass is 311 g/mol. The van der Waals surface area contributed by atoms with Crippen molar-refractivity contribution in [3.8, 4) is 0 Å². The van der Waals surface area contributed by atoms with Crippen LogP contribution in [0.1, 0.15) is 18.9 Å². The second-order valence-electron chi connectivity index (χ2n) is 5.41. The van der Waals surface area contributed by atoms with Gasteiger partial charge in [-0.25, -0.2) is 8.42 Å². The predicted molar refractivity (Wildman–Crippen MR) is 81.4 cm³/mol. The fraction of sp³-hybridized carbons (Fsp3) is 0.500. The highest BCUT2D eigenvalue weighted by Crippen LogP contribution is 2.27. The third-order valence-corrected chi connectivity index (χ3v) is 5.72. The third kappa shape index (κ3) is 3.42. The number of amides is 1. The molecule has 0 aromatic heterocycles. The van der Waals surface area contributed by atoms with Crippen LogP contribution in [-0.4, -0.2) is 38.3 Å². The average Bonchev–Trinajstić information content (AvgIpc) is 2.89. The van der Waals surface area contributed by atoms with Gasteiger partial charge in [-0.2, -0.15) is 4.31 Å². The van der Waals surface area contributed by atoms with Gasteiger partial charge in [0.1, 0.15) is 0 Å². The molecule has 0 saturated carbocycles. The van der Waals surface area contributed by atoms with Crippen LogP contribution in [0, 0.1) is 12.8 Å². The van der Waals surface area contributed by atoms with E-state index in [9.17, 15) is 13.2 Å². The van der Waals surface area contributed by atoms with Gasteiger partial charge in [-0.3, -0.25) is 4.79 Å². The van der Waals surface area contributed by atoms with Crippen molar-refractivity contribution in [3.63, 3.8) is 0 Å². The van der Waals surface area contributed by atoms with E-state index in [0.29, 0.717) is 30.9 Å². The standard InChI is InChI=1S/C14H21N3O3S/c1-10-3-4-13(16-11(2)18)7-14(10)21(19,20)17-6-5-12(8-15)9-17/h3-4,7,12H,5-6,8-9,15H2,1-2H3,(H,16,18). The number of carbonyl (C=O) groups is 1. The fourth-order valence-corrected chi connectivity index (χ4v) is 4.29. The summed E-state index contributed by atoms with van der Waals surface area (Å²) in [6.45, 7) is 4.59. The molecule has 1 unspecified atom stereocenters. The zero-order chi connectivity index (χ0) is 15.6. The third-order valence-electron chi connectivity index (χ3n) is 3.71. The average molecular weight is 311 g/mol. The number of nitrogens with zero attached hydrogens (tertiary/aromatic N) is 1. The van der Waals surface area contributed by atoms with Crippen molar-refractivity contribution in [2.45, 2.75) is 25.2 Å². The number of carbonyl (C=O) groups excluding carboxylic acids is 1. The number of rotatable bonds is 4. The molecular formula is C14H21N3O3S. The summed E-state index contributed by atoms with van der Waals surface area (Å²) < 4.78 is 26.9. The van der Waals surface area contributed by atoms with Gasteiger partial charge in [0, 0.05) is 25.7 Å². The van der Waals surface area contributed by atoms with Gasteiger partial charge in [-0.05, 0) is 43.5 Å². The van der Waals surface area contributed by atoms with Crippen LogP contribution in [-0.2, 0) is 14.8 Å². The van der Waals surface area contributed by atoms with Crippen LogP contribution in [0.25, 0.3) is 0 Å². The van der Waals surface area contributed by atoms with Gasteiger partial charge >= 0.3 is 0 Å². The SMILES string of the molecule is CC(=O)Nc1ccc(C)c(S(=O)(=O)N2CCC(CN)C2)c1. The van der Waals surface area contributed by atoms with Crippen molar-refractivity contribution in [2.75, 3.05) is 25.0 Å². The summed E-state index contributed by atoms with van der Waals surface area (Å²) in [5, 5.41) is 2.61. The summed E-state index contributed by atoms with van der Waals surface area (Å²) in [7, 11) is -3.54. The Labute approximate surface area is 125 Å². The second-order valence-corrected chi connectivity index (χ2v) is 7.32. The fourth-order valence-electron chi connectivity index (χ4n) is 2.51. The lowest BCUT2D eigenvalue weighted by atomic mass is 10.1. The van der Waals surface area contributed by atoms with Gasteiger partial charge in [-0.1, -0.05) is 6.07 Å². The normalized spacial score (nSPS) is 19.7. The molecular weight excluding hydrogens is 290 g/mol. The molecule has 1 aliphatic rings. The van der Waals surface area contributed by atoms with E-state index in [1.165, 1.54) is 17.3 Å². The highest BCUT2D eigenvalue weighted by atomic mass is 32.2. The Morgan fingerprint density at radius 1 is 1.48 bits per heavy atom. The van der Waals surface area contributed by atoms with E-state index in [2.05, 4.69) is 5.32 Å². The molecule has 1 saturated heterocycles. The Kier molecular flexibility index (Phi) is 4.65. The van der Waals surface area contributed by atoms with Crippen molar-refractivity contribution >= 4 is 21.6 Å². The largest absolute Gasteiger partial charge is 0.330 e. The minimum atomic E-state index is -3.54. The van der Waals surface area contributed by atoms with E-state index in [1.54, 1.807) is 19.1 Å². The maximum atomic E-state index is 12.7. The number of benzene rings is 1. The molecule has 0 radical (unpaired) electrons. The van der Waals surface area contributed by atoms with E-state index < -0.39 is 10.0 Å². The minimum absolute atomic E-state index is 0.221. The zero-order valence-corrected chi connectivity index (χ0v) is 13.1. The van der Waals surface area contributed by atoms with Crippen LogP contribution in [0.2, 0.25) is 0 Å². The quantitative estimate of drug-likeness (QED) is 0.865. The van der Waals surface area contributed by atoms with Gasteiger partial charge in [0.15, 0.2) is 0 Å². The van der Waals surface area contributed by atoms with E-state index >= 15 is 0 Å². The summed E-state index contributed by atoms with van der Waals surface area (Å²) >= 11 is 0. The predicted octanol–water partition coefficient (Wildman–Crippen LogP) is 0.923. The second kappa shape index (κ2) is 6.13. The van der Waals surface area contributed by atoms with Crippen molar-refractivity contribution < 1.29 is 13.2 Å². The summed E-state index contributed by atoms with van der Waals surface area (Å²) in [5.74, 6) is -0.00909. The van der Waals surface area contributed by atoms with Gasteiger partial charge in [0.25, 0.3) is 0 Å². The van der Waals surface area contributed by atoms with Crippen LogP contribution in [0.15, 0.2) is 23.1 Å². The lowest BCUT2D eigenvalue weighted by molar-refractivity contribution is -0.114. The van der Waals surface area contributed by atoms with Crippen LogP contribution >= 0.6 is 0 Å². The molecule has 1 amide bonds. The molecule has 0 aliphatic carbocycles. The number of hydrogen-bond donors (Lipinski definition) is 2. The summed E-state index contributed by atoms with van der Waals surface area (Å²) in [4.78, 5) is 11.4. The molecule has 116 valence electrons. The zero-order valence-electron chi connectivity index (χ0n) is 12.3. The highest BCUT2D eigenvalue weighted by molar-refractivity contribution is 7.89. The maximum Gasteiger partial charge on any atom is 0.243 e. The number of sulfonamides is 1. The number of hydrogen-bond acceptors (Lipinski definition) is 4. The lowest BCUT2D eigenvalue weighted by Gasteiger charge is -2.18. The first-order valence-electron chi connectivity index (χ1n) is 6.93. The van der Waals surface area contributed by atoms with Crippen molar-refractivity contribution in [3.05, 3.63) is 23.8 Å². The molecule has 1 fully saturated rings. The number of nitrogens with one attached hydrogen (secondary N) is 1. The number of aryl methyl sites for hydroxylation is 1. The van der Waals surface area contributed by atoms with Crippen molar-refractivity contribution in [1.82, 2.24) is 4.31 Å². The van der Waals surface area contributed by atoms with E-state index in [1.807, 2.05) is 0 Å². The van der Waals surface area contributed by atoms with Gasteiger partial charge in [-0.15, -0.1) is 0 Å². The first kappa shape index (κ1) is 15.9. The molecule has 1 heterocycles. The molecule has 1 aromatic rings. The smallest absolute Gasteiger partial charge is 0.243 e. The molecule has 1 aliphatic heterocycles. The molecule has 3 N–H and O–H groups in total. The molecule has 21 heavy (non-hydrogen) atoms. The van der Waals surface area contributed by atoms with Crippen molar-refractivity contribution in [2.24, 2.45) is 11.7 Å². The highest BCUT2D eigenvalue weighted by Gasteiger charge is 2.32.